The summed E-state index contributed by atoms with van der Waals surface area (Å²) in [6.45, 7) is 4.22. The topological polar surface area (TPSA) is 62.2 Å². The van der Waals surface area contributed by atoms with E-state index >= 15 is 0 Å². The number of aromatic nitrogens is 1. The van der Waals surface area contributed by atoms with Crippen LogP contribution in [0.3, 0.4) is 0 Å². The number of amides is 1. The Morgan fingerprint density at radius 3 is 3.00 bits per heavy atom. The normalized spacial score (nSPS) is 19.2. The van der Waals surface area contributed by atoms with E-state index in [-0.39, 0.29) is 23.8 Å². The summed E-state index contributed by atoms with van der Waals surface area (Å²) >= 11 is 0. The maximum absolute atomic E-state index is 11.9. The van der Waals surface area contributed by atoms with E-state index < -0.39 is 0 Å². The summed E-state index contributed by atoms with van der Waals surface area (Å²) < 4.78 is 0. The fourth-order valence-electron chi connectivity index (χ4n) is 1.93. The standard InChI is InChI=1S/C15H18N2O2/c1-15(2)10-12(15)14(19)17-13-9-11(6-7-16-13)5-3-4-8-18/h6-7,9,12,18H,4,8,10H2,1-2H3,(H,16,17,19). The first-order valence-electron chi connectivity index (χ1n) is 6.39. The molecular weight excluding hydrogens is 240 g/mol. The first-order valence-corrected chi connectivity index (χ1v) is 6.39. The molecule has 2 rings (SSSR count). The van der Waals surface area contributed by atoms with Gasteiger partial charge in [0.1, 0.15) is 5.82 Å². The van der Waals surface area contributed by atoms with Gasteiger partial charge < -0.3 is 10.4 Å². The van der Waals surface area contributed by atoms with Gasteiger partial charge in [-0.15, -0.1) is 0 Å². The fraction of sp³-hybridized carbons (Fsp3) is 0.467. The Labute approximate surface area is 113 Å². The second-order valence-electron chi connectivity index (χ2n) is 5.44. The molecule has 0 bridgehead atoms. The average Bonchev–Trinajstić information content (AvgIpc) is 3.00. The van der Waals surface area contributed by atoms with E-state index in [9.17, 15) is 4.79 Å². The van der Waals surface area contributed by atoms with Crippen LogP contribution in [0.15, 0.2) is 18.3 Å². The van der Waals surface area contributed by atoms with Gasteiger partial charge in [0, 0.05) is 24.1 Å². The van der Waals surface area contributed by atoms with Gasteiger partial charge in [-0.2, -0.15) is 0 Å². The molecule has 1 atom stereocenters. The van der Waals surface area contributed by atoms with Crippen LogP contribution >= 0.6 is 0 Å². The Bertz CT molecular complexity index is 541. The van der Waals surface area contributed by atoms with Crippen molar-refractivity contribution in [2.45, 2.75) is 26.7 Å². The lowest BCUT2D eigenvalue weighted by Crippen LogP contribution is -2.17. The maximum Gasteiger partial charge on any atom is 0.229 e. The predicted molar refractivity (Wildman–Crippen MR) is 73.3 cm³/mol. The highest BCUT2D eigenvalue weighted by Gasteiger charge is 2.50. The quantitative estimate of drug-likeness (QED) is 0.813. The van der Waals surface area contributed by atoms with Crippen molar-refractivity contribution in [3.8, 4) is 11.8 Å². The predicted octanol–water partition coefficient (Wildman–Crippen LogP) is 1.80. The third-order valence-electron chi connectivity index (χ3n) is 3.31. The highest BCUT2D eigenvalue weighted by Crippen LogP contribution is 2.51. The van der Waals surface area contributed by atoms with Crippen molar-refractivity contribution in [2.75, 3.05) is 11.9 Å². The Hall–Kier alpha value is -1.86. The molecule has 1 fully saturated rings. The number of carbonyl (C=O) groups is 1. The smallest absolute Gasteiger partial charge is 0.229 e. The van der Waals surface area contributed by atoms with Crippen LogP contribution in [0.4, 0.5) is 5.82 Å². The van der Waals surface area contributed by atoms with E-state index in [4.69, 9.17) is 5.11 Å². The van der Waals surface area contributed by atoms with E-state index in [1.165, 1.54) is 0 Å². The lowest BCUT2D eigenvalue weighted by atomic mass is 10.1. The Balaban J connectivity index is 2.00. The van der Waals surface area contributed by atoms with Gasteiger partial charge in [0.2, 0.25) is 5.91 Å². The van der Waals surface area contributed by atoms with Crippen molar-refractivity contribution >= 4 is 11.7 Å². The second kappa shape index (κ2) is 5.41. The van der Waals surface area contributed by atoms with E-state index in [0.717, 1.165) is 12.0 Å². The Morgan fingerprint density at radius 1 is 1.63 bits per heavy atom. The van der Waals surface area contributed by atoms with Crippen LogP contribution in [-0.2, 0) is 4.79 Å². The molecule has 1 aromatic rings. The molecular formula is C15H18N2O2. The van der Waals surface area contributed by atoms with Crippen molar-refractivity contribution < 1.29 is 9.90 Å². The third kappa shape index (κ3) is 3.55. The number of nitrogens with zero attached hydrogens (tertiary/aromatic N) is 1. The molecule has 0 saturated heterocycles. The van der Waals surface area contributed by atoms with Gasteiger partial charge in [0.05, 0.1) is 6.61 Å². The van der Waals surface area contributed by atoms with Crippen molar-refractivity contribution in [3.05, 3.63) is 23.9 Å². The van der Waals surface area contributed by atoms with Crippen LogP contribution in [0, 0.1) is 23.2 Å². The summed E-state index contributed by atoms with van der Waals surface area (Å²) in [4.78, 5) is 16.1. The lowest BCUT2D eigenvalue weighted by Gasteiger charge is -2.05. The van der Waals surface area contributed by atoms with Crippen LogP contribution in [-0.4, -0.2) is 22.6 Å². The van der Waals surface area contributed by atoms with E-state index in [2.05, 4.69) is 36.0 Å². The van der Waals surface area contributed by atoms with Crippen LogP contribution in [0.25, 0.3) is 0 Å². The van der Waals surface area contributed by atoms with Crippen LogP contribution < -0.4 is 5.32 Å². The minimum atomic E-state index is 0.0259. The number of aliphatic hydroxyl groups excluding tert-OH is 1. The number of hydrogen-bond donors (Lipinski definition) is 2. The molecule has 1 saturated carbocycles. The van der Waals surface area contributed by atoms with Gasteiger partial charge in [-0.05, 0) is 24.0 Å². The zero-order valence-electron chi connectivity index (χ0n) is 11.2. The second-order valence-corrected chi connectivity index (χ2v) is 5.44. The van der Waals surface area contributed by atoms with Crippen LogP contribution in [0.2, 0.25) is 0 Å². The van der Waals surface area contributed by atoms with Gasteiger partial charge in [-0.1, -0.05) is 25.7 Å². The summed E-state index contributed by atoms with van der Waals surface area (Å²) in [5.74, 6) is 6.40. The van der Waals surface area contributed by atoms with Crippen LogP contribution in [0.1, 0.15) is 32.3 Å². The molecule has 19 heavy (non-hydrogen) atoms. The van der Waals surface area contributed by atoms with E-state index in [1.54, 1.807) is 18.3 Å². The SMILES string of the molecule is CC1(C)CC1C(=O)Nc1cc(C#CCCO)ccn1. The van der Waals surface area contributed by atoms with Crippen molar-refractivity contribution in [3.63, 3.8) is 0 Å². The Morgan fingerprint density at radius 2 is 2.37 bits per heavy atom. The van der Waals surface area contributed by atoms with Crippen molar-refractivity contribution in [1.82, 2.24) is 4.98 Å². The summed E-state index contributed by atoms with van der Waals surface area (Å²) in [7, 11) is 0. The van der Waals surface area contributed by atoms with Gasteiger partial charge in [0.15, 0.2) is 0 Å². The molecule has 4 heteroatoms. The number of carbonyl (C=O) groups excluding carboxylic acids is 1. The van der Waals surface area contributed by atoms with Gasteiger partial charge in [-0.25, -0.2) is 4.98 Å². The summed E-state index contributed by atoms with van der Waals surface area (Å²) in [5, 5.41) is 11.5. The molecule has 0 aliphatic heterocycles. The lowest BCUT2D eigenvalue weighted by molar-refractivity contribution is -0.118. The summed E-state index contributed by atoms with van der Waals surface area (Å²) in [5.41, 5.74) is 0.900. The highest BCUT2D eigenvalue weighted by atomic mass is 16.2. The molecule has 0 spiro atoms. The molecule has 1 heterocycles. The zero-order chi connectivity index (χ0) is 13.9. The van der Waals surface area contributed by atoms with E-state index in [1.807, 2.05) is 0 Å². The molecule has 1 aliphatic rings. The number of rotatable bonds is 3. The Kier molecular flexibility index (Phi) is 3.87. The van der Waals surface area contributed by atoms with Gasteiger partial charge in [-0.3, -0.25) is 4.79 Å². The number of hydrogen-bond acceptors (Lipinski definition) is 3. The van der Waals surface area contributed by atoms with Gasteiger partial charge in [0.25, 0.3) is 0 Å². The first-order chi connectivity index (χ1) is 9.03. The fourth-order valence-corrected chi connectivity index (χ4v) is 1.93. The minimum absolute atomic E-state index is 0.0259. The number of nitrogens with one attached hydrogen (secondary N) is 1. The molecule has 4 nitrogen and oxygen atoms in total. The summed E-state index contributed by atoms with van der Waals surface area (Å²) in [6.07, 6.45) is 2.99. The molecule has 2 N–H and O–H groups in total. The molecule has 0 aromatic carbocycles. The monoisotopic (exact) mass is 258 g/mol. The maximum atomic E-state index is 11.9. The minimum Gasteiger partial charge on any atom is -0.395 e. The molecule has 100 valence electrons. The van der Waals surface area contributed by atoms with E-state index in [0.29, 0.717) is 12.2 Å². The molecule has 0 radical (unpaired) electrons. The third-order valence-corrected chi connectivity index (χ3v) is 3.31. The molecule has 1 unspecified atom stereocenters. The number of aliphatic hydroxyl groups is 1. The van der Waals surface area contributed by atoms with Crippen LogP contribution in [0.5, 0.6) is 0 Å². The zero-order valence-corrected chi connectivity index (χ0v) is 11.2. The van der Waals surface area contributed by atoms with Gasteiger partial charge >= 0.3 is 0 Å². The largest absolute Gasteiger partial charge is 0.395 e. The molecule has 1 aliphatic carbocycles. The molecule has 1 aromatic heterocycles. The average molecular weight is 258 g/mol. The first kappa shape index (κ1) is 13.6. The number of pyridine rings is 1. The molecule has 1 amide bonds. The number of anilines is 1. The van der Waals surface area contributed by atoms with Crippen molar-refractivity contribution in [2.24, 2.45) is 11.3 Å². The highest BCUT2D eigenvalue weighted by molar-refractivity contribution is 5.94. The van der Waals surface area contributed by atoms with Crippen molar-refractivity contribution in [1.29, 1.82) is 0 Å². The summed E-state index contributed by atoms with van der Waals surface area (Å²) in [6, 6.07) is 3.53.